The molecule has 1 fully saturated rings. The maximum Gasteiger partial charge on any atom is 0.416 e. The molecule has 1 aliphatic heterocycles. The van der Waals surface area contributed by atoms with E-state index >= 15 is 0 Å². The standard InChI is InChI=1S/C19H20F3NO2/c20-19(21,22)16-3-1-2-15(8-16)18-9-17(25)11-23(18)10-13-4-6-14(12-24)7-5-13/h1-8,17-18,24-25H,9-12H2. The number of aliphatic hydroxyl groups is 2. The first-order chi connectivity index (χ1) is 11.9. The van der Waals surface area contributed by atoms with Gasteiger partial charge in [-0.2, -0.15) is 13.2 Å². The van der Waals surface area contributed by atoms with E-state index < -0.39 is 17.8 Å². The van der Waals surface area contributed by atoms with Gasteiger partial charge in [0.25, 0.3) is 0 Å². The number of aliphatic hydroxyl groups excluding tert-OH is 2. The summed E-state index contributed by atoms with van der Waals surface area (Å²) in [5.74, 6) is 0. The maximum atomic E-state index is 13.0. The summed E-state index contributed by atoms with van der Waals surface area (Å²) in [6, 6.07) is 12.5. The van der Waals surface area contributed by atoms with Crippen molar-refractivity contribution in [1.29, 1.82) is 0 Å². The van der Waals surface area contributed by atoms with Crippen LogP contribution in [0, 0.1) is 0 Å². The van der Waals surface area contributed by atoms with Crippen molar-refractivity contribution in [3.63, 3.8) is 0 Å². The smallest absolute Gasteiger partial charge is 0.392 e. The van der Waals surface area contributed by atoms with E-state index in [4.69, 9.17) is 5.11 Å². The molecular formula is C19H20F3NO2. The van der Waals surface area contributed by atoms with E-state index in [2.05, 4.69) is 0 Å². The molecule has 0 radical (unpaired) electrons. The zero-order valence-corrected chi connectivity index (χ0v) is 13.6. The van der Waals surface area contributed by atoms with Gasteiger partial charge in [-0.25, -0.2) is 0 Å². The molecule has 3 rings (SSSR count). The zero-order chi connectivity index (χ0) is 18.0. The van der Waals surface area contributed by atoms with E-state index in [-0.39, 0.29) is 12.6 Å². The molecule has 1 aliphatic rings. The molecule has 2 aromatic rings. The first kappa shape index (κ1) is 17.9. The van der Waals surface area contributed by atoms with Crippen LogP contribution in [0.15, 0.2) is 48.5 Å². The Morgan fingerprint density at radius 1 is 1.04 bits per heavy atom. The monoisotopic (exact) mass is 351 g/mol. The molecular weight excluding hydrogens is 331 g/mol. The van der Waals surface area contributed by atoms with E-state index in [0.29, 0.717) is 25.1 Å². The summed E-state index contributed by atoms with van der Waals surface area (Å²) in [7, 11) is 0. The van der Waals surface area contributed by atoms with Crippen LogP contribution < -0.4 is 0 Å². The second-order valence-corrected chi connectivity index (χ2v) is 6.43. The number of halogens is 3. The molecule has 1 heterocycles. The first-order valence-electron chi connectivity index (χ1n) is 8.15. The Hall–Kier alpha value is -1.89. The van der Waals surface area contributed by atoms with E-state index in [1.165, 1.54) is 12.1 Å². The number of benzene rings is 2. The van der Waals surface area contributed by atoms with Crippen molar-refractivity contribution in [2.45, 2.75) is 37.9 Å². The fourth-order valence-electron chi connectivity index (χ4n) is 3.31. The summed E-state index contributed by atoms with van der Waals surface area (Å²) in [4.78, 5) is 1.99. The highest BCUT2D eigenvalue weighted by molar-refractivity contribution is 5.29. The largest absolute Gasteiger partial charge is 0.416 e. The lowest BCUT2D eigenvalue weighted by molar-refractivity contribution is -0.137. The minimum Gasteiger partial charge on any atom is -0.392 e. The van der Waals surface area contributed by atoms with Gasteiger partial charge in [0.05, 0.1) is 18.3 Å². The van der Waals surface area contributed by atoms with Gasteiger partial charge in [-0.1, -0.05) is 36.4 Å². The molecule has 3 nitrogen and oxygen atoms in total. The Kier molecular flexibility index (Phi) is 5.13. The quantitative estimate of drug-likeness (QED) is 0.886. The number of likely N-dealkylation sites (tertiary alicyclic amines) is 1. The molecule has 134 valence electrons. The van der Waals surface area contributed by atoms with Gasteiger partial charge in [-0.15, -0.1) is 0 Å². The van der Waals surface area contributed by atoms with Crippen LogP contribution >= 0.6 is 0 Å². The molecule has 1 saturated heterocycles. The van der Waals surface area contributed by atoms with E-state index in [1.807, 2.05) is 29.2 Å². The van der Waals surface area contributed by atoms with Crippen LogP contribution in [0.2, 0.25) is 0 Å². The van der Waals surface area contributed by atoms with Crippen molar-refractivity contribution >= 4 is 0 Å². The van der Waals surface area contributed by atoms with Gasteiger partial charge < -0.3 is 10.2 Å². The van der Waals surface area contributed by atoms with Crippen LogP contribution in [0.1, 0.15) is 34.7 Å². The topological polar surface area (TPSA) is 43.7 Å². The minimum atomic E-state index is -4.38. The molecule has 0 bridgehead atoms. The summed E-state index contributed by atoms with van der Waals surface area (Å²) in [6.07, 6.45) is -4.52. The van der Waals surface area contributed by atoms with Gasteiger partial charge in [-0.3, -0.25) is 4.90 Å². The predicted octanol–water partition coefficient (Wildman–Crippen LogP) is 3.51. The SMILES string of the molecule is OCc1ccc(CN2CC(O)CC2c2cccc(C(F)(F)F)c2)cc1. The molecule has 2 aromatic carbocycles. The normalized spacial score (nSPS) is 21.6. The fourth-order valence-corrected chi connectivity index (χ4v) is 3.31. The Labute approximate surface area is 144 Å². The fraction of sp³-hybridized carbons (Fsp3) is 0.368. The molecule has 0 aliphatic carbocycles. The van der Waals surface area contributed by atoms with Crippen molar-refractivity contribution in [2.75, 3.05) is 6.54 Å². The molecule has 0 aromatic heterocycles. The Bertz CT molecular complexity index is 715. The number of hydrogen-bond acceptors (Lipinski definition) is 3. The molecule has 6 heteroatoms. The van der Waals surface area contributed by atoms with Crippen LogP contribution in [0.25, 0.3) is 0 Å². The van der Waals surface area contributed by atoms with E-state index in [0.717, 1.165) is 17.2 Å². The lowest BCUT2D eigenvalue weighted by Crippen LogP contribution is -2.24. The first-order valence-corrected chi connectivity index (χ1v) is 8.15. The number of rotatable bonds is 4. The molecule has 2 unspecified atom stereocenters. The summed E-state index contributed by atoms with van der Waals surface area (Å²) in [6.45, 7) is 0.919. The molecule has 0 spiro atoms. The molecule has 0 saturated carbocycles. The zero-order valence-electron chi connectivity index (χ0n) is 13.6. The van der Waals surface area contributed by atoms with Crippen LogP contribution in [-0.2, 0) is 19.3 Å². The van der Waals surface area contributed by atoms with Crippen molar-refractivity contribution in [3.8, 4) is 0 Å². The average Bonchev–Trinajstić information content (AvgIpc) is 2.95. The third-order valence-corrected chi connectivity index (χ3v) is 4.57. The maximum absolute atomic E-state index is 13.0. The highest BCUT2D eigenvalue weighted by Crippen LogP contribution is 2.36. The molecule has 2 atom stereocenters. The lowest BCUT2D eigenvalue weighted by atomic mass is 10.0. The van der Waals surface area contributed by atoms with Gasteiger partial charge in [0.2, 0.25) is 0 Å². The van der Waals surface area contributed by atoms with Gasteiger partial charge in [0, 0.05) is 19.1 Å². The van der Waals surface area contributed by atoms with Crippen LogP contribution in [0.3, 0.4) is 0 Å². The third-order valence-electron chi connectivity index (χ3n) is 4.57. The second kappa shape index (κ2) is 7.15. The number of alkyl halides is 3. The van der Waals surface area contributed by atoms with Gasteiger partial charge in [0.15, 0.2) is 0 Å². The Balaban J connectivity index is 1.81. The van der Waals surface area contributed by atoms with Crippen molar-refractivity contribution in [3.05, 3.63) is 70.8 Å². The van der Waals surface area contributed by atoms with E-state index in [1.54, 1.807) is 6.07 Å². The lowest BCUT2D eigenvalue weighted by Gasteiger charge is -2.25. The van der Waals surface area contributed by atoms with Crippen molar-refractivity contribution in [2.24, 2.45) is 0 Å². The van der Waals surface area contributed by atoms with Crippen LogP contribution in [-0.4, -0.2) is 27.8 Å². The number of β-amino-alcohol motifs (C(OH)–C–C–N with tert-alkyl or cyclic N) is 1. The summed E-state index contributed by atoms with van der Waals surface area (Å²) < 4.78 is 38.9. The summed E-state index contributed by atoms with van der Waals surface area (Å²) >= 11 is 0. The van der Waals surface area contributed by atoms with Crippen molar-refractivity contribution in [1.82, 2.24) is 4.90 Å². The summed E-state index contributed by atoms with van der Waals surface area (Å²) in [5.41, 5.74) is 1.69. The average molecular weight is 351 g/mol. The van der Waals surface area contributed by atoms with Crippen molar-refractivity contribution < 1.29 is 23.4 Å². The molecule has 2 N–H and O–H groups in total. The van der Waals surface area contributed by atoms with Gasteiger partial charge in [0.1, 0.15) is 0 Å². The third kappa shape index (κ3) is 4.21. The highest BCUT2D eigenvalue weighted by atomic mass is 19.4. The van der Waals surface area contributed by atoms with Gasteiger partial charge in [-0.05, 0) is 35.2 Å². The predicted molar refractivity (Wildman–Crippen MR) is 87.6 cm³/mol. The molecule has 25 heavy (non-hydrogen) atoms. The Morgan fingerprint density at radius 3 is 2.36 bits per heavy atom. The minimum absolute atomic E-state index is 0.0322. The molecule has 0 amide bonds. The second-order valence-electron chi connectivity index (χ2n) is 6.43. The summed E-state index contributed by atoms with van der Waals surface area (Å²) in [5, 5.41) is 19.1. The van der Waals surface area contributed by atoms with Gasteiger partial charge >= 0.3 is 6.18 Å². The van der Waals surface area contributed by atoms with Crippen LogP contribution in [0.5, 0.6) is 0 Å². The number of nitrogens with zero attached hydrogens (tertiary/aromatic N) is 1. The highest BCUT2D eigenvalue weighted by Gasteiger charge is 2.35. The number of hydrogen-bond donors (Lipinski definition) is 2. The Morgan fingerprint density at radius 2 is 1.72 bits per heavy atom. The van der Waals surface area contributed by atoms with E-state index in [9.17, 15) is 18.3 Å². The van der Waals surface area contributed by atoms with Crippen LogP contribution in [0.4, 0.5) is 13.2 Å².